The number of carbonyl (C=O) groups excluding carboxylic acids is 3. The number of hydrogen-bond acceptors (Lipinski definition) is 7. The minimum absolute atomic E-state index is 0.0313. The summed E-state index contributed by atoms with van der Waals surface area (Å²) in [6.45, 7) is 4.40. The monoisotopic (exact) mass is 812 g/mol. The van der Waals surface area contributed by atoms with Crippen LogP contribution in [0.1, 0.15) is 174 Å². The molecule has 0 bridgehead atoms. The first-order valence-electron chi connectivity index (χ1n) is 23.0. The molecule has 0 aromatic carbocycles. The first-order valence-corrected chi connectivity index (χ1v) is 23.0. The van der Waals surface area contributed by atoms with Crippen molar-refractivity contribution in [2.45, 2.75) is 187 Å². The van der Waals surface area contributed by atoms with E-state index in [1.165, 1.54) is 57.8 Å². The molecule has 0 fully saturated rings. The average Bonchev–Trinajstić information content (AvgIpc) is 3.18. The largest absolute Gasteiger partial charge is 0.544 e. The molecule has 58 heavy (non-hydrogen) atoms. The third-order valence-electron chi connectivity index (χ3n) is 9.90. The summed E-state index contributed by atoms with van der Waals surface area (Å²) in [5, 5.41) is 11.6. The van der Waals surface area contributed by atoms with Gasteiger partial charge in [0.2, 0.25) is 0 Å². The smallest absolute Gasteiger partial charge is 0.306 e. The van der Waals surface area contributed by atoms with E-state index in [2.05, 4.69) is 86.8 Å². The summed E-state index contributed by atoms with van der Waals surface area (Å²) in [5.74, 6) is -1.76. The fourth-order valence-electron chi connectivity index (χ4n) is 6.38. The van der Waals surface area contributed by atoms with Gasteiger partial charge in [-0.2, -0.15) is 0 Å². The van der Waals surface area contributed by atoms with E-state index in [4.69, 9.17) is 14.2 Å². The van der Waals surface area contributed by atoms with Crippen LogP contribution in [0.3, 0.4) is 0 Å². The van der Waals surface area contributed by atoms with Crippen molar-refractivity contribution in [3.05, 3.63) is 72.9 Å². The van der Waals surface area contributed by atoms with Crippen LogP contribution in [0.5, 0.6) is 0 Å². The maximum absolute atomic E-state index is 12.7. The van der Waals surface area contributed by atoms with Crippen LogP contribution in [0.25, 0.3) is 0 Å². The number of nitrogens with zero attached hydrogens (tertiary/aromatic N) is 1. The number of likely N-dealkylation sites (N-methyl/N-ethyl adjacent to an activating group) is 1. The third kappa shape index (κ3) is 38.3. The maximum atomic E-state index is 12.7. The zero-order valence-corrected chi connectivity index (χ0v) is 37.7. The Morgan fingerprint density at radius 1 is 0.534 bits per heavy atom. The first kappa shape index (κ1) is 54.8. The van der Waals surface area contributed by atoms with Crippen molar-refractivity contribution >= 4 is 17.9 Å². The topological polar surface area (TPSA) is 102 Å². The number of rotatable bonds is 40. The predicted octanol–water partition coefficient (Wildman–Crippen LogP) is 11.4. The molecular weight excluding hydrogens is 727 g/mol. The lowest BCUT2D eigenvalue weighted by atomic mass is 10.1. The number of carboxylic acids is 1. The Bertz CT molecular complexity index is 1180. The molecule has 0 aromatic rings. The molecule has 0 saturated heterocycles. The number of quaternary nitrogens is 1. The minimum Gasteiger partial charge on any atom is -0.544 e. The number of carbonyl (C=O) groups is 3. The summed E-state index contributed by atoms with van der Waals surface area (Å²) < 4.78 is 17.2. The van der Waals surface area contributed by atoms with E-state index in [0.717, 1.165) is 83.5 Å². The zero-order chi connectivity index (χ0) is 42.8. The molecule has 0 saturated carbocycles. The van der Waals surface area contributed by atoms with Crippen LogP contribution in [0.2, 0.25) is 0 Å². The number of carboxylic acid groups (broad SMARTS) is 1. The minimum atomic E-state index is -1.13. The van der Waals surface area contributed by atoms with Gasteiger partial charge in [0.1, 0.15) is 12.6 Å². The van der Waals surface area contributed by atoms with Gasteiger partial charge in [-0.25, -0.2) is 0 Å². The van der Waals surface area contributed by atoms with Gasteiger partial charge in [0, 0.05) is 19.3 Å². The summed E-state index contributed by atoms with van der Waals surface area (Å²) in [5.41, 5.74) is 0. The molecule has 0 aromatic heterocycles. The van der Waals surface area contributed by atoms with Gasteiger partial charge in [-0.15, -0.1) is 0 Å². The van der Waals surface area contributed by atoms with E-state index in [0.29, 0.717) is 12.8 Å². The Labute approximate surface area is 355 Å². The molecule has 332 valence electrons. The molecule has 0 heterocycles. The van der Waals surface area contributed by atoms with Crippen LogP contribution in [0.15, 0.2) is 72.9 Å². The highest BCUT2D eigenvalue weighted by Crippen LogP contribution is 2.14. The quantitative estimate of drug-likeness (QED) is 0.0200. The molecule has 0 radical (unpaired) electrons. The number of hydrogen-bond donors (Lipinski definition) is 0. The van der Waals surface area contributed by atoms with Crippen molar-refractivity contribution in [1.29, 1.82) is 0 Å². The highest BCUT2D eigenvalue weighted by atomic mass is 16.6. The van der Waals surface area contributed by atoms with Gasteiger partial charge in [0.05, 0.1) is 40.3 Å². The molecule has 0 spiro atoms. The van der Waals surface area contributed by atoms with Crippen molar-refractivity contribution in [3.63, 3.8) is 0 Å². The number of aliphatic carboxylic acids is 1. The summed E-state index contributed by atoms with van der Waals surface area (Å²) in [4.78, 5) is 36.9. The Balaban J connectivity index is 4.33. The molecule has 0 rings (SSSR count). The molecule has 0 aliphatic carbocycles. The van der Waals surface area contributed by atoms with Gasteiger partial charge in [-0.1, -0.05) is 164 Å². The van der Waals surface area contributed by atoms with Gasteiger partial charge in [0.25, 0.3) is 0 Å². The van der Waals surface area contributed by atoms with Crippen molar-refractivity contribution in [3.8, 4) is 0 Å². The first-order chi connectivity index (χ1) is 28.1. The van der Waals surface area contributed by atoms with Crippen LogP contribution in [-0.4, -0.2) is 75.5 Å². The van der Waals surface area contributed by atoms with E-state index in [-0.39, 0.29) is 42.7 Å². The Hall–Kier alpha value is -3.23. The standard InChI is InChI=1S/C50H85NO7/c1-6-8-10-12-14-16-18-20-22-23-24-25-27-29-31-33-35-37-39-41-49(53)58-46(44-56-43-42-47(50(54)55)51(3,4)5)45-57-48(52)40-38-36-34-32-30-28-26-21-19-17-15-13-11-9-7-2/h8-11,13-17,19-20,22,46-47H,6-7,12,18,21,23-45H2,1-5H3/b10-8+,11-9+,15-13+,16-14+,19-17+,22-20+. The van der Waals surface area contributed by atoms with Crippen LogP contribution in [-0.2, 0) is 28.6 Å². The highest BCUT2D eigenvalue weighted by molar-refractivity contribution is 5.70. The number of ether oxygens (including phenoxy) is 3. The van der Waals surface area contributed by atoms with Crippen LogP contribution in [0.4, 0.5) is 0 Å². The molecule has 0 amide bonds. The fraction of sp³-hybridized carbons (Fsp3) is 0.700. The lowest BCUT2D eigenvalue weighted by molar-refractivity contribution is -0.889. The van der Waals surface area contributed by atoms with Crippen molar-refractivity contribution in [2.75, 3.05) is 41.0 Å². The average molecular weight is 812 g/mol. The summed E-state index contributed by atoms with van der Waals surface area (Å²) in [6, 6.07) is -0.732. The lowest BCUT2D eigenvalue weighted by Crippen LogP contribution is -2.55. The number of allylic oxidation sites excluding steroid dienone is 12. The Morgan fingerprint density at radius 2 is 1.00 bits per heavy atom. The van der Waals surface area contributed by atoms with Crippen molar-refractivity contribution in [2.24, 2.45) is 0 Å². The second-order valence-corrected chi connectivity index (χ2v) is 16.3. The highest BCUT2D eigenvalue weighted by Gasteiger charge is 2.25. The molecular formula is C50H85NO7. The number of esters is 2. The maximum Gasteiger partial charge on any atom is 0.306 e. The van der Waals surface area contributed by atoms with E-state index in [9.17, 15) is 19.5 Å². The summed E-state index contributed by atoms with van der Waals surface area (Å²) in [6.07, 6.45) is 50.6. The fourth-order valence-corrected chi connectivity index (χ4v) is 6.38. The lowest BCUT2D eigenvalue weighted by Gasteiger charge is -2.34. The molecule has 8 nitrogen and oxygen atoms in total. The van der Waals surface area contributed by atoms with Gasteiger partial charge in [0.15, 0.2) is 6.10 Å². The van der Waals surface area contributed by atoms with E-state index in [1.807, 2.05) is 0 Å². The van der Waals surface area contributed by atoms with Gasteiger partial charge in [-0.3, -0.25) is 9.59 Å². The second kappa shape index (κ2) is 40.5. The third-order valence-corrected chi connectivity index (χ3v) is 9.90. The summed E-state index contributed by atoms with van der Waals surface area (Å²) >= 11 is 0. The van der Waals surface area contributed by atoms with E-state index < -0.39 is 18.1 Å². The van der Waals surface area contributed by atoms with E-state index >= 15 is 0 Å². The normalized spacial score (nSPS) is 13.6. The molecule has 8 heteroatoms. The second-order valence-electron chi connectivity index (χ2n) is 16.3. The predicted molar refractivity (Wildman–Crippen MR) is 240 cm³/mol. The molecule has 0 N–H and O–H groups in total. The number of unbranched alkanes of at least 4 members (excludes halogenated alkanes) is 16. The zero-order valence-electron chi connectivity index (χ0n) is 37.7. The Kier molecular flexibility index (Phi) is 38.3. The summed E-state index contributed by atoms with van der Waals surface area (Å²) in [7, 11) is 5.40. The molecule has 0 aliphatic heterocycles. The van der Waals surface area contributed by atoms with Crippen molar-refractivity contribution in [1.82, 2.24) is 0 Å². The van der Waals surface area contributed by atoms with Gasteiger partial charge >= 0.3 is 11.9 Å². The van der Waals surface area contributed by atoms with Gasteiger partial charge < -0.3 is 28.6 Å². The van der Waals surface area contributed by atoms with Crippen LogP contribution in [0, 0.1) is 0 Å². The SMILES string of the molecule is CC/C=C/C=C/C=C/CCCCCCCCCC(=O)OCC(COCCC(C(=O)[O-])[N+](C)(C)C)OC(=O)CCCCCCCCCCC/C=C/C/C=C/C/C=C/CC. The van der Waals surface area contributed by atoms with Gasteiger partial charge in [-0.05, 0) is 64.2 Å². The molecule has 0 aliphatic rings. The molecule has 2 unspecified atom stereocenters. The van der Waals surface area contributed by atoms with Crippen molar-refractivity contribution < 1.29 is 38.2 Å². The van der Waals surface area contributed by atoms with Crippen LogP contribution >= 0.6 is 0 Å². The molecule has 2 atom stereocenters. The Morgan fingerprint density at radius 3 is 1.53 bits per heavy atom. The van der Waals surface area contributed by atoms with E-state index in [1.54, 1.807) is 21.1 Å². The van der Waals surface area contributed by atoms with Crippen LogP contribution < -0.4 is 5.11 Å².